The maximum absolute atomic E-state index is 13.3. The van der Waals surface area contributed by atoms with Gasteiger partial charge in [0, 0.05) is 31.2 Å². The molecule has 33 heavy (non-hydrogen) atoms. The first-order valence-corrected chi connectivity index (χ1v) is 11.3. The Morgan fingerprint density at radius 1 is 1.15 bits per heavy atom. The first-order valence-electron chi connectivity index (χ1n) is 10.6. The largest absolute Gasteiger partial charge is 0.382 e. The van der Waals surface area contributed by atoms with E-state index in [0.29, 0.717) is 47.5 Å². The molecule has 1 aliphatic heterocycles. The van der Waals surface area contributed by atoms with Gasteiger partial charge in [-0.05, 0) is 55.0 Å². The molecule has 1 aromatic heterocycles. The smallest absolute Gasteiger partial charge is 0.141 e. The highest BCUT2D eigenvalue weighted by Gasteiger charge is 2.34. The van der Waals surface area contributed by atoms with Crippen LogP contribution in [0.2, 0.25) is 10.0 Å². The molecule has 0 bridgehead atoms. The molecule has 0 aliphatic carbocycles. The maximum Gasteiger partial charge on any atom is 0.141 e. The minimum atomic E-state index is -1.24. The Morgan fingerprint density at radius 2 is 1.91 bits per heavy atom. The standard InChI is InChI=1S/C25H23Cl2FN4O/c1-25(33,24-9-7-20(28)14-30-24)16-31-10-11-32(22-8-2-17(13-29)12-21(22)27)23(15-31)18-3-5-19(26)6-4-18/h2-9,12,14,23,33H,10-11,15-16H2,1H3/t23-,25+/m0/s1. The van der Waals surface area contributed by atoms with Gasteiger partial charge in [-0.1, -0.05) is 35.3 Å². The molecule has 5 nitrogen and oxygen atoms in total. The summed E-state index contributed by atoms with van der Waals surface area (Å²) in [6.07, 6.45) is 1.12. The fourth-order valence-electron chi connectivity index (χ4n) is 4.26. The van der Waals surface area contributed by atoms with Crippen molar-refractivity contribution in [1.82, 2.24) is 9.88 Å². The molecule has 1 fully saturated rings. The highest BCUT2D eigenvalue weighted by molar-refractivity contribution is 6.33. The second-order valence-electron chi connectivity index (χ2n) is 8.41. The molecule has 0 saturated carbocycles. The zero-order chi connectivity index (χ0) is 23.6. The third-order valence-corrected chi connectivity index (χ3v) is 6.47. The fraction of sp³-hybridized carbons (Fsp3) is 0.280. The number of hydrogen-bond acceptors (Lipinski definition) is 5. The molecule has 4 rings (SSSR count). The summed E-state index contributed by atoms with van der Waals surface area (Å²) < 4.78 is 13.3. The molecule has 1 saturated heterocycles. The average Bonchev–Trinajstić information content (AvgIpc) is 2.80. The Hall–Kier alpha value is -2.69. The number of piperazine rings is 1. The Balaban J connectivity index is 1.62. The lowest BCUT2D eigenvalue weighted by Gasteiger charge is -2.45. The van der Waals surface area contributed by atoms with Crippen molar-refractivity contribution >= 4 is 28.9 Å². The lowest BCUT2D eigenvalue weighted by Crippen LogP contribution is -2.52. The molecular weight excluding hydrogens is 462 g/mol. The van der Waals surface area contributed by atoms with Gasteiger partial charge in [0.25, 0.3) is 0 Å². The minimum absolute atomic E-state index is 0.0570. The number of nitriles is 1. The van der Waals surface area contributed by atoms with Gasteiger partial charge < -0.3 is 10.0 Å². The Labute approximate surface area is 202 Å². The number of aliphatic hydroxyl groups is 1. The number of halogens is 3. The van der Waals surface area contributed by atoms with E-state index in [1.54, 1.807) is 19.1 Å². The molecule has 0 unspecified atom stereocenters. The van der Waals surface area contributed by atoms with Crippen molar-refractivity contribution in [2.24, 2.45) is 0 Å². The van der Waals surface area contributed by atoms with Crippen LogP contribution in [0.15, 0.2) is 60.8 Å². The van der Waals surface area contributed by atoms with Crippen LogP contribution >= 0.6 is 23.2 Å². The molecule has 1 aliphatic rings. The summed E-state index contributed by atoms with van der Waals surface area (Å²) in [5.41, 5.74) is 1.59. The number of aromatic nitrogens is 1. The van der Waals surface area contributed by atoms with Gasteiger partial charge in [-0.25, -0.2) is 4.39 Å². The summed E-state index contributed by atoms with van der Waals surface area (Å²) in [6, 6.07) is 17.9. The van der Waals surface area contributed by atoms with E-state index in [9.17, 15) is 14.8 Å². The van der Waals surface area contributed by atoms with E-state index in [1.807, 2.05) is 30.3 Å². The molecule has 2 heterocycles. The highest BCUT2D eigenvalue weighted by atomic mass is 35.5. The quantitative estimate of drug-likeness (QED) is 0.540. The summed E-state index contributed by atoms with van der Waals surface area (Å²) in [6.45, 7) is 3.98. The second-order valence-corrected chi connectivity index (χ2v) is 9.25. The Kier molecular flexibility index (Phi) is 6.87. The first kappa shape index (κ1) is 23.5. The van der Waals surface area contributed by atoms with E-state index >= 15 is 0 Å². The van der Waals surface area contributed by atoms with Gasteiger partial charge in [-0.3, -0.25) is 9.88 Å². The van der Waals surface area contributed by atoms with Crippen molar-refractivity contribution in [2.45, 2.75) is 18.6 Å². The summed E-state index contributed by atoms with van der Waals surface area (Å²) in [4.78, 5) is 8.45. The molecule has 1 N–H and O–H groups in total. The predicted octanol–water partition coefficient (Wildman–Crippen LogP) is 5.17. The van der Waals surface area contributed by atoms with E-state index in [-0.39, 0.29) is 6.04 Å². The SMILES string of the molecule is C[C@@](O)(CN1CCN(c2ccc(C#N)cc2Cl)[C@H](c2ccc(Cl)cc2)C1)c1ccc(F)cn1. The van der Waals surface area contributed by atoms with Gasteiger partial charge in [0.1, 0.15) is 11.4 Å². The van der Waals surface area contributed by atoms with E-state index in [1.165, 1.54) is 12.1 Å². The van der Waals surface area contributed by atoms with Gasteiger partial charge in [-0.2, -0.15) is 5.26 Å². The van der Waals surface area contributed by atoms with Crippen LogP contribution in [0, 0.1) is 17.1 Å². The van der Waals surface area contributed by atoms with E-state index < -0.39 is 11.4 Å². The van der Waals surface area contributed by atoms with Crippen molar-refractivity contribution in [3.05, 3.63) is 93.5 Å². The van der Waals surface area contributed by atoms with Crippen molar-refractivity contribution in [3.63, 3.8) is 0 Å². The number of pyridine rings is 1. The summed E-state index contributed by atoms with van der Waals surface area (Å²) in [7, 11) is 0. The van der Waals surface area contributed by atoms with Gasteiger partial charge in [-0.15, -0.1) is 0 Å². The van der Waals surface area contributed by atoms with Gasteiger partial charge in [0.2, 0.25) is 0 Å². The minimum Gasteiger partial charge on any atom is -0.382 e. The molecule has 2 aromatic carbocycles. The van der Waals surface area contributed by atoms with E-state index in [4.69, 9.17) is 23.2 Å². The highest BCUT2D eigenvalue weighted by Crippen LogP contribution is 2.36. The summed E-state index contributed by atoms with van der Waals surface area (Å²) in [5, 5.41) is 21.4. The second kappa shape index (κ2) is 9.66. The van der Waals surface area contributed by atoms with Crippen LogP contribution in [0.5, 0.6) is 0 Å². The van der Waals surface area contributed by atoms with Crippen LogP contribution in [0.1, 0.15) is 29.8 Å². The molecule has 170 valence electrons. The number of hydrogen-bond donors (Lipinski definition) is 1. The number of β-amino-alcohol motifs (C(OH)–C–C–N with tert-alkyl or cyclic N) is 1. The summed E-state index contributed by atoms with van der Waals surface area (Å²) in [5.74, 6) is -0.440. The number of rotatable bonds is 5. The third kappa shape index (κ3) is 5.29. The van der Waals surface area contributed by atoms with Crippen LogP contribution in [0.4, 0.5) is 10.1 Å². The Bertz CT molecular complexity index is 1160. The first-order chi connectivity index (χ1) is 15.8. The number of nitrogens with zero attached hydrogens (tertiary/aromatic N) is 4. The molecule has 3 aromatic rings. The lowest BCUT2D eigenvalue weighted by molar-refractivity contribution is 0.00669. The van der Waals surface area contributed by atoms with Crippen LogP contribution in [-0.2, 0) is 5.60 Å². The zero-order valence-corrected chi connectivity index (χ0v) is 19.6. The molecule has 0 spiro atoms. The van der Waals surface area contributed by atoms with Crippen LogP contribution < -0.4 is 4.90 Å². The van der Waals surface area contributed by atoms with Crippen LogP contribution in [-0.4, -0.2) is 41.2 Å². The summed E-state index contributed by atoms with van der Waals surface area (Å²) >= 11 is 12.7. The molecule has 8 heteroatoms. The van der Waals surface area contributed by atoms with Crippen LogP contribution in [0.3, 0.4) is 0 Å². The van der Waals surface area contributed by atoms with Crippen molar-refractivity contribution in [2.75, 3.05) is 31.1 Å². The fourth-order valence-corrected chi connectivity index (χ4v) is 4.68. The third-order valence-electron chi connectivity index (χ3n) is 5.92. The van der Waals surface area contributed by atoms with Gasteiger partial charge >= 0.3 is 0 Å². The number of benzene rings is 2. The maximum atomic E-state index is 13.3. The van der Waals surface area contributed by atoms with Crippen LogP contribution in [0.25, 0.3) is 0 Å². The molecular formula is C25H23Cl2FN4O. The van der Waals surface area contributed by atoms with E-state index in [2.05, 4.69) is 20.9 Å². The zero-order valence-electron chi connectivity index (χ0n) is 18.0. The van der Waals surface area contributed by atoms with Gasteiger partial charge in [0.05, 0.1) is 40.3 Å². The molecule has 0 radical (unpaired) electrons. The van der Waals surface area contributed by atoms with Crippen molar-refractivity contribution in [3.8, 4) is 6.07 Å². The topological polar surface area (TPSA) is 63.4 Å². The van der Waals surface area contributed by atoms with E-state index in [0.717, 1.165) is 17.4 Å². The lowest BCUT2D eigenvalue weighted by atomic mass is 9.97. The monoisotopic (exact) mass is 484 g/mol. The van der Waals surface area contributed by atoms with Crippen molar-refractivity contribution in [1.29, 1.82) is 5.26 Å². The molecule has 2 atom stereocenters. The number of anilines is 1. The normalized spacial score (nSPS) is 18.5. The predicted molar refractivity (Wildman–Crippen MR) is 128 cm³/mol. The average molecular weight is 485 g/mol. The Morgan fingerprint density at radius 3 is 2.55 bits per heavy atom. The van der Waals surface area contributed by atoms with Gasteiger partial charge in [0.15, 0.2) is 0 Å². The van der Waals surface area contributed by atoms with Crippen molar-refractivity contribution < 1.29 is 9.50 Å². The molecule has 0 amide bonds.